The average molecular weight is 227 g/mol. The molecule has 1 atom stereocenters. The molecular formula is C14H29NO. The van der Waals surface area contributed by atoms with Crippen LogP contribution in [0.1, 0.15) is 52.4 Å². The topological polar surface area (TPSA) is 23.5 Å². The molecule has 1 fully saturated rings. The Bertz CT molecular complexity index is 187. The van der Waals surface area contributed by atoms with Crippen LogP contribution in [0.3, 0.4) is 0 Å². The smallest absolute Gasteiger partial charge is 0.0499 e. The Morgan fingerprint density at radius 1 is 1.25 bits per heavy atom. The maximum absolute atomic E-state index is 9.66. The molecule has 16 heavy (non-hydrogen) atoms. The van der Waals surface area contributed by atoms with Crippen LogP contribution in [0, 0.1) is 11.3 Å². The van der Waals surface area contributed by atoms with E-state index in [1.54, 1.807) is 0 Å². The highest BCUT2D eigenvalue weighted by atomic mass is 16.3. The van der Waals surface area contributed by atoms with E-state index >= 15 is 0 Å². The van der Waals surface area contributed by atoms with Crippen LogP contribution in [0.2, 0.25) is 0 Å². The van der Waals surface area contributed by atoms with Gasteiger partial charge in [-0.1, -0.05) is 39.5 Å². The molecule has 0 bridgehead atoms. The van der Waals surface area contributed by atoms with Crippen molar-refractivity contribution in [2.75, 3.05) is 26.7 Å². The molecule has 0 radical (unpaired) electrons. The summed E-state index contributed by atoms with van der Waals surface area (Å²) in [5, 5.41) is 9.66. The third-order valence-corrected chi connectivity index (χ3v) is 4.18. The first kappa shape index (κ1) is 14.0. The van der Waals surface area contributed by atoms with Crippen LogP contribution in [0.15, 0.2) is 0 Å². The first-order chi connectivity index (χ1) is 7.62. The van der Waals surface area contributed by atoms with Gasteiger partial charge >= 0.3 is 0 Å². The van der Waals surface area contributed by atoms with Gasteiger partial charge in [0.15, 0.2) is 0 Å². The van der Waals surface area contributed by atoms with Gasteiger partial charge in [-0.05, 0) is 25.8 Å². The van der Waals surface area contributed by atoms with Crippen molar-refractivity contribution in [2.45, 2.75) is 52.4 Å². The van der Waals surface area contributed by atoms with Crippen LogP contribution in [0.25, 0.3) is 0 Å². The zero-order chi connectivity index (χ0) is 12.0. The van der Waals surface area contributed by atoms with Crippen LogP contribution < -0.4 is 0 Å². The quantitative estimate of drug-likeness (QED) is 0.754. The van der Waals surface area contributed by atoms with Crippen molar-refractivity contribution < 1.29 is 5.11 Å². The van der Waals surface area contributed by atoms with Crippen LogP contribution in [0.4, 0.5) is 0 Å². The SMILES string of the molecule is CCC(C)CN(C)CC1(CO)CCCCC1. The third kappa shape index (κ3) is 4.06. The molecule has 0 amide bonds. The lowest BCUT2D eigenvalue weighted by Crippen LogP contribution is -2.41. The van der Waals surface area contributed by atoms with Crippen molar-refractivity contribution in [3.8, 4) is 0 Å². The van der Waals surface area contributed by atoms with E-state index in [4.69, 9.17) is 0 Å². The Hall–Kier alpha value is -0.0800. The maximum atomic E-state index is 9.66. The van der Waals surface area contributed by atoms with Gasteiger partial charge in [-0.3, -0.25) is 0 Å². The fourth-order valence-electron chi connectivity index (χ4n) is 2.97. The number of hydrogen-bond acceptors (Lipinski definition) is 2. The molecule has 0 heterocycles. The van der Waals surface area contributed by atoms with Crippen LogP contribution >= 0.6 is 0 Å². The maximum Gasteiger partial charge on any atom is 0.0499 e. The van der Waals surface area contributed by atoms with Crippen molar-refractivity contribution in [1.29, 1.82) is 0 Å². The van der Waals surface area contributed by atoms with E-state index in [0.717, 1.165) is 19.0 Å². The molecule has 0 spiro atoms. The number of aliphatic hydroxyl groups is 1. The lowest BCUT2D eigenvalue weighted by molar-refractivity contribution is 0.0447. The van der Waals surface area contributed by atoms with Crippen molar-refractivity contribution in [2.24, 2.45) is 11.3 Å². The molecule has 0 aromatic heterocycles. The fourth-order valence-corrected chi connectivity index (χ4v) is 2.97. The van der Waals surface area contributed by atoms with Crippen molar-refractivity contribution in [3.05, 3.63) is 0 Å². The number of rotatable bonds is 6. The third-order valence-electron chi connectivity index (χ3n) is 4.18. The van der Waals surface area contributed by atoms with E-state index in [9.17, 15) is 5.11 Å². The van der Waals surface area contributed by atoms with E-state index in [2.05, 4.69) is 25.8 Å². The van der Waals surface area contributed by atoms with E-state index in [1.807, 2.05) is 0 Å². The highest BCUT2D eigenvalue weighted by Gasteiger charge is 2.32. The second kappa shape index (κ2) is 6.61. The van der Waals surface area contributed by atoms with Crippen LogP contribution in [-0.2, 0) is 0 Å². The lowest BCUT2D eigenvalue weighted by atomic mass is 9.74. The average Bonchev–Trinajstić information content (AvgIpc) is 2.29. The van der Waals surface area contributed by atoms with Gasteiger partial charge in [0.25, 0.3) is 0 Å². The molecule has 1 aliphatic carbocycles. The number of hydrogen-bond donors (Lipinski definition) is 1. The van der Waals surface area contributed by atoms with Crippen LogP contribution in [-0.4, -0.2) is 36.8 Å². The molecule has 96 valence electrons. The number of nitrogens with zero attached hydrogens (tertiary/aromatic N) is 1. The predicted octanol–water partition coefficient (Wildman–Crippen LogP) is 2.91. The van der Waals surface area contributed by atoms with Crippen molar-refractivity contribution in [3.63, 3.8) is 0 Å². The standard InChI is InChI=1S/C14H29NO/c1-4-13(2)10-15(3)11-14(12-16)8-6-5-7-9-14/h13,16H,4-12H2,1-3H3. The van der Waals surface area contributed by atoms with E-state index in [1.165, 1.54) is 38.5 Å². The van der Waals surface area contributed by atoms with E-state index in [-0.39, 0.29) is 5.41 Å². The van der Waals surface area contributed by atoms with Gasteiger partial charge < -0.3 is 10.0 Å². The molecule has 1 aliphatic rings. The Morgan fingerprint density at radius 2 is 1.88 bits per heavy atom. The molecule has 0 aromatic rings. The molecule has 1 saturated carbocycles. The van der Waals surface area contributed by atoms with Gasteiger partial charge in [-0.15, -0.1) is 0 Å². The molecule has 0 aromatic carbocycles. The Labute approximate surface area is 101 Å². The summed E-state index contributed by atoms with van der Waals surface area (Å²) in [6.07, 6.45) is 7.64. The minimum absolute atomic E-state index is 0.209. The van der Waals surface area contributed by atoms with Crippen LogP contribution in [0.5, 0.6) is 0 Å². The van der Waals surface area contributed by atoms with Gasteiger partial charge in [-0.2, -0.15) is 0 Å². The zero-order valence-corrected chi connectivity index (χ0v) is 11.3. The fraction of sp³-hybridized carbons (Fsp3) is 1.00. The summed E-state index contributed by atoms with van der Waals surface area (Å²) in [6, 6.07) is 0. The first-order valence-electron chi connectivity index (χ1n) is 6.91. The Balaban J connectivity index is 2.42. The van der Waals surface area contributed by atoms with Crippen molar-refractivity contribution >= 4 is 0 Å². The summed E-state index contributed by atoms with van der Waals surface area (Å²) in [7, 11) is 2.21. The lowest BCUT2D eigenvalue weighted by Gasteiger charge is -2.39. The molecule has 0 saturated heterocycles. The highest BCUT2D eigenvalue weighted by molar-refractivity contribution is 4.85. The summed E-state index contributed by atoms with van der Waals surface area (Å²) < 4.78 is 0. The molecule has 1 rings (SSSR count). The minimum atomic E-state index is 0.209. The Kier molecular flexibility index (Phi) is 5.77. The molecule has 1 unspecified atom stereocenters. The molecular weight excluding hydrogens is 198 g/mol. The van der Waals surface area contributed by atoms with Gasteiger partial charge in [0.1, 0.15) is 0 Å². The second-order valence-electron chi connectivity index (χ2n) is 5.93. The minimum Gasteiger partial charge on any atom is -0.396 e. The zero-order valence-electron chi connectivity index (χ0n) is 11.3. The molecule has 1 N–H and O–H groups in total. The normalized spacial score (nSPS) is 22.3. The van der Waals surface area contributed by atoms with E-state index in [0.29, 0.717) is 6.61 Å². The summed E-state index contributed by atoms with van der Waals surface area (Å²) in [6.45, 7) is 7.17. The summed E-state index contributed by atoms with van der Waals surface area (Å²) in [5.74, 6) is 0.768. The largest absolute Gasteiger partial charge is 0.396 e. The monoisotopic (exact) mass is 227 g/mol. The predicted molar refractivity (Wildman–Crippen MR) is 69.6 cm³/mol. The number of aliphatic hydroxyl groups excluding tert-OH is 1. The van der Waals surface area contributed by atoms with Gasteiger partial charge in [-0.25, -0.2) is 0 Å². The van der Waals surface area contributed by atoms with Gasteiger partial charge in [0.2, 0.25) is 0 Å². The van der Waals surface area contributed by atoms with Gasteiger partial charge in [0, 0.05) is 25.1 Å². The van der Waals surface area contributed by atoms with Gasteiger partial charge in [0.05, 0.1) is 0 Å². The summed E-state index contributed by atoms with van der Waals surface area (Å²) >= 11 is 0. The summed E-state index contributed by atoms with van der Waals surface area (Å²) in [5.41, 5.74) is 0.209. The van der Waals surface area contributed by atoms with E-state index < -0.39 is 0 Å². The van der Waals surface area contributed by atoms with Crippen molar-refractivity contribution in [1.82, 2.24) is 4.90 Å². The molecule has 0 aliphatic heterocycles. The summed E-state index contributed by atoms with van der Waals surface area (Å²) in [4.78, 5) is 2.43. The Morgan fingerprint density at radius 3 is 2.38 bits per heavy atom. The first-order valence-corrected chi connectivity index (χ1v) is 6.91. The second-order valence-corrected chi connectivity index (χ2v) is 5.93. The molecule has 2 heteroatoms. The molecule has 2 nitrogen and oxygen atoms in total. The highest BCUT2D eigenvalue weighted by Crippen LogP contribution is 2.36.